The number of carbonyl (C=O) groups is 3. The Morgan fingerprint density at radius 3 is 2.16 bits per heavy atom. The second kappa shape index (κ2) is 14.7. The molecule has 55 heavy (non-hydrogen) atoms. The van der Waals surface area contributed by atoms with Crippen molar-refractivity contribution in [1.82, 2.24) is 15.1 Å². The van der Waals surface area contributed by atoms with E-state index in [0.29, 0.717) is 35.3 Å². The van der Waals surface area contributed by atoms with Crippen LogP contribution in [0.25, 0.3) is 5.70 Å². The zero-order valence-electron chi connectivity index (χ0n) is 31.3. The number of nitrogens with zero attached hydrogens (tertiary/aromatic N) is 4. The molecule has 282 valence electrons. The number of rotatable bonds is 7. The number of nitrogens with one attached hydrogen (secondary N) is 1. The number of hydrogen-bond donors (Lipinski definition) is 2. The van der Waals surface area contributed by atoms with E-state index in [9.17, 15) is 19.5 Å². The van der Waals surface area contributed by atoms with Gasteiger partial charge in [0, 0.05) is 86.4 Å². The third-order valence-corrected chi connectivity index (χ3v) is 12.9. The van der Waals surface area contributed by atoms with E-state index in [1.807, 2.05) is 30.3 Å². The Labute approximate surface area is 323 Å². The van der Waals surface area contributed by atoms with Gasteiger partial charge in [0.05, 0.1) is 0 Å². The Bertz CT molecular complexity index is 2120. The zero-order chi connectivity index (χ0) is 37.6. The number of anilines is 2. The highest BCUT2D eigenvalue weighted by molar-refractivity contribution is 6.13. The third kappa shape index (κ3) is 6.79. The summed E-state index contributed by atoms with van der Waals surface area (Å²) in [6.07, 6.45) is 4.93. The molecule has 4 aromatic rings. The average molecular weight is 736 g/mol. The van der Waals surface area contributed by atoms with Gasteiger partial charge in [-0.05, 0) is 109 Å². The quantitative estimate of drug-likeness (QED) is 0.209. The Kier molecular flexibility index (Phi) is 9.42. The highest BCUT2D eigenvalue weighted by Gasteiger charge is 2.42. The lowest BCUT2D eigenvalue weighted by Gasteiger charge is -2.40. The normalized spacial score (nSPS) is 23.5. The Balaban J connectivity index is 0.788. The molecule has 3 amide bonds. The van der Waals surface area contributed by atoms with E-state index in [1.165, 1.54) is 45.7 Å². The molecule has 9 rings (SSSR count). The highest BCUT2D eigenvalue weighted by atomic mass is 16.3. The molecule has 0 bridgehead atoms. The summed E-state index contributed by atoms with van der Waals surface area (Å²) in [7, 11) is 0. The fourth-order valence-corrected chi connectivity index (χ4v) is 9.89. The third-order valence-electron chi connectivity index (χ3n) is 12.9. The summed E-state index contributed by atoms with van der Waals surface area (Å²) in [5.74, 6) is 0.730. The summed E-state index contributed by atoms with van der Waals surface area (Å²) in [4.78, 5) is 46.6. The molecule has 3 atom stereocenters. The molecule has 3 fully saturated rings. The van der Waals surface area contributed by atoms with E-state index >= 15 is 0 Å². The van der Waals surface area contributed by atoms with Crippen LogP contribution in [-0.4, -0.2) is 84.5 Å². The molecular weight excluding hydrogens is 687 g/mol. The highest BCUT2D eigenvalue weighted by Crippen LogP contribution is 2.47. The first-order valence-corrected chi connectivity index (χ1v) is 20.0. The number of piperidine rings is 2. The van der Waals surface area contributed by atoms with Gasteiger partial charge in [-0.1, -0.05) is 55.1 Å². The molecule has 4 aliphatic heterocycles. The van der Waals surface area contributed by atoms with Crippen LogP contribution >= 0.6 is 0 Å². The summed E-state index contributed by atoms with van der Waals surface area (Å²) in [6, 6.07) is 31.4. The number of phenolic OH excluding ortho intramolecular Hbond substituents is 1. The molecule has 0 spiro atoms. The fourth-order valence-electron chi connectivity index (χ4n) is 9.89. The molecule has 2 N–H and O–H groups in total. The van der Waals surface area contributed by atoms with Gasteiger partial charge in [0.1, 0.15) is 11.8 Å². The largest absolute Gasteiger partial charge is 0.508 e. The number of piperazine rings is 1. The molecule has 3 saturated heterocycles. The van der Waals surface area contributed by atoms with Crippen LogP contribution in [0, 0.1) is 5.92 Å². The lowest BCUT2D eigenvalue weighted by atomic mass is 9.69. The van der Waals surface area contributed by atoms with Crippen molar-refractivity contribution >= 4 is 34.8 Å². The molecule has 9 nitrogen and oxygen atoms in total. The standard InChI is InChI=1S/C46H49N5O4/c1-30-41-28-36(12-15-40(41)46(55)51(30)42-17-18-43(53)47-45(42)54)50-25-23-48(24-26-50)29-31-19-21-49(22-20-31)35-10-7-33(8-11-35)44-38(32-5-3-2-4-6-32)14-9-34-27-37(52)13-16-39(34)44/h2-8,10-13,15-16,27-28,31,38,42,44,52H,1,9,14,17-26,29H2,(H,47,53,54). The first-order valence-electron chi connectivity index (χ1n) is 20.0. The maximum absolute atomic E-state index is 13.3. The van der Waals surface area contributed by atoms with Crippen molar-refractivity contribution in [3.8, 4) is 5.75 Å². The van der Waals surface area contributed by atoms with Crippen LogP contribution in [0.4, 0.5) is 11.4 Å². The maximum Gasteiger partial charge on any atom is 0.259 e. The Morgan fingerprint density at radius 1 is 0.691 bits per heavy atom. The lowest BCUT2D eigenvalue weighted by Crippen LogP contribution is -2.52. The first-order chi connectivity index (χ1) is 26.8. The maximum atomic E-state index is 13.3. The smallest absolute Gasteiger partial charge is 0.259 e. The molecule has 1 aliphatic carbocycles. The summed E-state index contributed by atoms with van der Waals surface area (Å²) in [5, 5.41) is 12.6. The first kappa shape index (κ1) is 35.3. The van der Waals surface area contributed by atoms with Gasteiger partial charge in [-0.15, -0.1) is 0 Å². The lowest BCUT2D eigenvalue weighted by molar-refractivity contribution is -0.136. The van der Waals surface area contributed by atoms with Crippen molar-refractivity contribution in [3.63, 3.8) is 0 Å². The summed E-state index contributed by atoms with van der Waals surface area (Å²) < 4.78 is 0. The topological polar surface area (TPSA) is 96.4 Å². The molecule has 0 saturated carbocycles. The van der Waals surface area contributed by atoms with Crippen molar-refractivity contribution < 1.29 is 19.5 Å². The van der Waals surface area contributed by atoms with Gasteiger partial charge in [-0.2, -0.15) is 0 Å². The number of aromatic hydroxyl groups is 1. The monoisotopic (exact) mass is 735 g/mol. The number of carbonyl (C=O) groups excluding carboxylic acids is 3. The van der Waals surface area contributed by atoms with Gasteiger partial charge < -0.3 is 14.9 Å². The summed E-state index contributed by atoms with van der Waals surface area (Å²) in [5.41, 5.74) is 9.55. The molecule has 0 aromatic heterocycles. The van der Waals surface area contributed by atoms with E-state index in [0.717, 1.165) is 69.9 Å². The van der Waals surface area contributed by atoms with Crippen LogP contribution in [-0.2, 0) is 16.0 Å². The van der Waals surface area contributed by atoms with Crippen LogP contribution < -0.4 is 15.1 Å². The van der Waals surface area contributed by atoms with Crippen molar-refractivity contribution in [3.05, 3.63) is 131 Å². The summed E-state index contributed by atoms with van der Waals surface area (Å²) >= 11 is 0. The molecule has 5 aliphatic rings. The minimum absolute atomic E-state index is 0.216. The van der Waals surface area contributed by atoms with Gasteiger partial charge in [0.15, 0.2) is 0 Å². The minimum Gasteiger partial charge on any atom is -0.508 e. The van der Waals surface area contributed by atoms with E-state index < -0.39 is 11.9 Å². The van der Waals surface area contributed by atoms with Gasteiger partial charge in [0.2, 0.25) is 11.8 Å². The van der Waals surface area contributed by atoms with E-state index in [1.54, 1.807) is 0 Å². The minimum atomic E-state index is -0.708. The zero-order valence-corrected chi connectivity index (χ0v) is 31.3. The predicted octanol–water partition coefficient (Wildman–Crippen LogP) is 6.52. The van der Waals surface area contributed by atoms with Crippen molar-refractivity contribution in [2.45, 2.75) is 56.4 Å². The molecule has 3 unspecified atom stereocenters. The van der Waals surface area contributed by atoms with E-state index in [-0.39, 0.29) is 24.2 Å². The molecule has 0 radical (unpaired) electrons. The SMILES string of the molecule is C=C1c2cc(N3CCN(CC4CCN(c5ccc(C6c7ccc(O)cc7CCC6c6ccccc6)cc5)CC4)CC3)ccc2C(=O)N1C1CCC(=O)NC1=O. The number of phenols is 1. The van der Waals surface area contributed by atoms with Crippen LogP contribution in [0.1, 0.15) is 82.1 Å². The molecule has 4 heterocycles. The van der Waals surface area contributed by atoms with Gasteiger partial charge in [0.25, 0.3) is 5.91 Å². The second-order valence-electron chi connectivity index (χ2n) is 16.0. The van der Waals surface area contributed by atoms with Crippen LogP contribution in [0.2, 0.25) is 0 Å². The van der Waals surface area contributed by atoms with E-state index in [4.69, 9.17) is 0 Å². The van der Waals surface area contributed by atoms with Crippen LogP contribution in [0.5, 0.6) is 5.75 Å². The van der Waals surface area contributed by atoms with Gasteiger partial charge >= 0.3 is 0 Å². The number of imide groups is 1. The Morgan fingerprint density at radius 2 is 1.42 bits per heavy atom. The number of aryl methyl sites for hydroxylation is 1. The molecule has 9 heteroatoms. The number of benzene rings is 4. The van der Waals surface area contributed by atoms with Gasteiger partial charge in [-0.25, -0.2) is 0 Å². The number of amides is 3. The number of fused-ring (bicyclic) bond motifs is 2. The van der Waals surface area contributed by atoms with Gasteiger partial charge in [-0.3, -0.25) is 29.5 Å². The molecular formula is C46H49N5O4. The number of hydrogen-bond acceptors (Lipinski definition) is 7. The average Bonchev–Trinajstić information content (AvgIpc) is 3.46. The van der Waals surface area contributed by atoms with Crippen LogP contribution in [0.15, 0.2) is 97.6 Å². The molecule has 4 aromatic carbocycles. The van der Waals surface area contributed by atoms with Crippen molar-refractivity contribution in [2.24, 2.45) is 5.92 Å². The second-order valence-corrected chi connectivity index (χ2v) is 16.0. The van der Waals surface area contributed by atoms with E-state index in [2.05, 4.69) is 87.3 Å². The summed E-state index contributed by atoms with van der Waals surface area (Å²) in [6.45, 7) is 11.3. The predicted molar refractivity (Wildman–Crippen MR) is 215 cm³/mol. The Hall–Kier alpha value is -5.41. The van der Waals surface area contributed by atoms with Crippen LogP contribution in [0.3, 0.4) is 0 Å². The van der Waals surface area contributed by atoms with Crippen molar-refractivity contribution in [1.29, 1.82) is 0 Å². The fraction of sp³-hybridized carbons (Fsp3) is 0.370. The van der Waals surface area contributed by atoms with Crippen molar-refractivity contribution in [2.75, 3.05) is 55.6 Å².